The molecule has 0 aromatic heterocycles. The van der Waals surface area contributed by atoms with Crippen molar-refractivity contribution >= 4 is 9.39 Å². The summed E-state index contributed by atoms with van der Waals surface area (Å²) in [6.07, 6.45) is 9.23. The maximum Gasteiger partial charge on any atom is 0.0468 e. The molecule has 0 spiro atoms. The van der Waals surface area contributed by atoms with E-state index in [9.17, 15) is 0 Å². The first-order valence-corrected chi connectivity index (χ1v) is 6.63. The Morgan fingerprint density at radius 2 is 2.00 bits per heavy atom. The van der Waals surface area contributed by atoms with E-state index in [1.807, 2.05) is 0 Å². The van der Waals surface area contributed by atoms with E-state index in [4.69, 9.17) is 5.73 Å². The van der Waals surface area contributed by atoms with Gasteiger partial charge in [0.25, 0.3) is 0 Å². The predicted molar refractivity (Wildman–Crippen MR) is 72.2 cm³/mol. The Bertz CT molecular complexity index is 280. The Morgan fingerprint density at radius 1 is 1.25 bits per heavy atom. The van der Waals surface area contributed by atoms with Crippen LogP contribution in [0.5, 0.6) is 0 Å². The molecule has 0 amide bonds. The zero-order valence-electron chi connectivity index (χ0n) is 9.81. The lowest BCUT2D eigenvalue weighted by atomic mass is 9.98. The molecule has 0 aromatic rings. The highest BCUT2D eigenvalue weighted by Gasteiger charge is 2.23. The van der Waals surface area contributed by atoms with Gasteiger partial charge >= 0.3 is 0 Å². The second-order valence-electron chi connectivity index (χ2n) is 4.51. The van der Waals surface area contributed by atoms with Crippen molar-refractivity contribution in [1.82, 2.24) is 9.57 Å². The van der Waals surface area contributed by atoms with Crippen molar-refractivity contribution in [1.29, 1.82) is 0 Å². The summed E-state index contributed by atoms with van der Waals surface area (Å²) in [7, 11) is 2.78. The van der Waals surface area contributed by atoms with Gasteiger partial charge in [0, 0.05) is 38.8 Å². The van der Waals surface area contributed by atoms with Crippen LogP contribution in [0.4, 0.5) is 0 Å². The van der Waals surface area contributed by atoms with Crippen molar-refractivity contribution in [3.05, 3.63) is 23.8 Å². The van der Waals surface area contributed by atoms with Crippen LogP contribution >= 0.6 is 9.39 Å². The molecule has 2 aliphatic rings. The maximum absolute atomic E-state index is 5.93. The summed E-state index contributed by atoms with van der Waals surface area (Å²) in [6.45, 7) is 5.22. The normalized spacial score (nSPS) is 25.5. The molecule has 3 nitrogen and oxygen atoms in total. The second kappa shape index (κ2) is 5.92. The van der Waals surface area contributed by atoms with E-state index >= 15 is 0 Å². The van der Waals surface area contributed by atoms with E-state index in [0.717, 1.165) is 32.7 Å². The van der Waals surface area contributed by atoms with Crippen LogP contribution in [0, 0.1) is 0 Å². The Labute approximate surface area is 101 Å². The van der Waals surface area contributed by atoms with Crippen molar-refractivity contribution in [2.24, 2.45) is 5.73 Å². The molecule has 1 aliphatic heterocycles. The zero-order chi connectivity index (χ0) is 11.4. The summed E-state index contributed by atoms with van der Waals surface area (Å²) in [5, 5.41) is 0. The van der Waals surface area contributed by atoms with E-state index in [0.29, 0.717) is 6.04 Å². The molecule has 0 bridgehead atoms. The minimum Gasteiger partial charge on any atom is -0.329 e. The van der Waals surface area contributed by atoms with Gasteiger partial charge in [0.15, 0.2) is 0 Å². The molecule has 0 radical (unpaired) electrons. The standard InChI is InChI=1S/C12H22N3P/c13-10-12(11-4-2-1-3-5-11)14-6-8-15(16)9-7-14/h2,4-5,12H,1,3,6-10,13,16H2. The Kier molecular flexibility index (Phi) is 4.54. The summed E-state index contributed by atoms with van der Waals surface area (Å²) in [6, 6.07) is 0.426. The average molecular weight is 239 g/mol. The molecule has 1 heterocycles. The van der Waals surface area contributed by atoms with Crippen LogP contribution < -0.4 is 5.73 Å². The van der Waals surface area contributed by atoms with Crippen molar-refractivity contribution in [2.45, 2.75) is 18.9 Å². The average Bonchev–Trinajstić information content (AvgIpc) is 2.34. The van der Waals surface area contributed by atoms with Gasteiger partial charge in [-0.1, -0.05) is 27.6 Å². The summed E-state index contributed by atoms with van der Waals surface area (Å²) >= 11 is 0. The Hall–Kier alpha value is -0.210. The van der Waals surface area contributed by atoms with Crippen molar-refractivity contribution in [3.8, 4) is 0 Å². The predicted octanol–water partition coefficient (Wildman–Crippen LogP) is 0.998. The number of rotatable bonds is 3. The van der Waals surface area contributed by atoms with Gasteiger partial charge in [0.1, 0.15) is 0 Å². The number of piperazine rings is 1. The SMILES string of the molecule is NCC(C1=CCCC=C1)N1CCN(P)CC1. The first-order chi connectivity index (χ1) is 7.81. The van der Waals surface area contributed by atoms with Crippen LogP contribution in [0.15, 0.2) is 23.8 Å². The molecule has 1 aliphatic carbocycles. The zero-order valence-corrected chi connectivity index (χ0v) is 11.0. The van der Waals surface area contributed by atoms with E-state index in [1.165, 1.54) is 18.4 Å². The number of hydrogen-bond donors (Lipinski definition) is 1. The lowest BCUT2D eigenvalue weighted by Gasteiger charge is -2.38. The fourth-order valence-corrected chi connectivity index (χ4v) is 2.66. The van der Waals surface area contributed by atoms with Crippen LogP contribution in [0.1, 0.15) is 12.8 Å². The monoisotopic (exact) mass is 239 g/mol. The third-order valence-electron chi connectivity index (χ3n) is 3.42. The van der Waals surface area contributed by atoms with E-state index in [1.54, 1.807) is 0 Å². The lowest BCUT2D eigenvalue weighted by Crippen LogP contribution is -2.50. The number of nitrogens with zero attached hydrogens (tertiary/aromatic N) is 2. The van der Waals surface area contributed by atoms with Crippen LogP contribution in [-0.2, 0) is 0 Å². The fourth-order valence-electron chi connectivity index (χ4n) is 2.43. The Morgan fingerprint density at radius 3 is 2.56 bits per heavy atom. The van der Waals surface area contributed by atoms with Gasteiger partial charge in [-0.3, -0.25) is 9.57 Å². The largest absolute Gasteiger partial charge is 0.329 e. The maximum atomic E-state index is 5.93. The third-order valence-corrected chi connectivity index (χ3v) is 3.94. The van der Waals surface area contributed by atoms with Gasteiger partial charge in [-0.25, -0.2) is 0 Å². The van der Waals surface area contributed by atoms with E-state index < -0.39 is 0 Å². The van der Waals surface area contributed by atoms with Crippen LogP contribution in [-0.4, -0.2) is 48.3 Å². The topological polar surface area (TPSA) is 32.5 Å². The number of nitrogens with two attached hydrogens (primary N) is 1. The van der Waals surface area contributed by atoms with Crippen LogP contribution in [0.2, 0.25) is 0 Å². The summed E-state index contributed by atoms with van der Waals surface area (Å²) < 4.78 is 2.30. The quantitative estimate of drug-likeness (QED) is 0.746. The molecule has 1 saturated heterocycles. The van der Waals surface area contributed by atoms with Gasteiger partial charge in [0.2, 0.25) is 0 Å². The molecule has 16 heavy (non-hydrogen) atoms. The molecule has 2 atom stereocenters. The first-order valence-electron chi connectivity index (χ1n) is 6.11. The number of allylic oxidation sites excluding steroid dienone is 2. The molecule has 90 valence electrons. The van der Waals surface area contributed by atoms with Crippen LogP contribution in [0.3, 0.4) is 0 Å². The smallest absolute Gasteiger partial charge is 0.0468 e. The van der Waals surface area contributed by atoms with E-state index in [-0.39, 0.29) is 0 Å². The third kappa shape index (κ3) is 2.92. The molecule has 2 N–H and O–H groups in total. The highest BCUT2D eigenvalue weighted by molar-refractivity contribution is 7.13. The van der Waals surface area contributed by atoms with Crippen molar-refractivity contribution in [3.63, 3.8) is 0 Å². The molecule has 2 rings (SSSR count). The molecule has 2 unspecified atom stereocenters. The molecule has 0 saturated carbocycles. The lowest BCUT2D eigenvalue weighted by molar-refractivity contribution is 0.163. The molecular formula is C12H22N3P. The van der Waals surface area contributed by atoms with Crippen molar-refractivity contribution < 1.29 is 0 Å². The first kappa shape index (κ1) is 12.3. The van der Waals surface area contributed by atoms with E-state index in [2.05, 4.69) is 37.2 Å². The highest BCUT2D eigenvalue weighted by atomic mass is 31.0. The van der Waals surface area contributed by atoms with Gasteiger partial charge in [-0.15, -0.1) is 0 Å². The van der Waals surface area contributed by atoms with Gasteiger partial charge in [-0.2, -0.15) is 0 Å². The minimum atomic E-state index is 0.426. The summed E-state index contributed by atoms with van der Waals surface area (Å²) in [4.78, 5) is 2.52. The molecular weight excluding hydrogens is 217 g/mol. The minimum absolute atomic E-state index is 0.426. The molecule has 4 heteroatoms. The summed E-state index contributed by atoms with van der Waals surface area (Å²) in [5.41, 5.74) is 7.36. The fraction of sp³-hybridized carbons (Fsp3) is 0.667. The number of hydrogen-bond acceptors (Lipinski definition) is 3. The van der Waals surface area contributed by atoms with Gasteiger partial charge in [0.05, 0.1) is 0 Å². The van der Waals surface area contributed by atoms with Crippen LogP contribution in [0.25, 0.3) is 0 Å². The van der Waals surface area contributed by atoms with Gasteiger partial charge in [-0.05, 0) is 18.4 Å². The Balaban J connectivity index is 1.99. The second-order valence-corrected chi connectivity index (χ2v) is 5.24. The van der Waals surface area contributed by atoms with Crippen molar-refractivity contribution in [2.75, 3.05) is 32.7 Å². The molecule has 1 fully saturated rings. The molecule has 0 aromatic carbocycles. The highest BCUT2D eigenvalue weighted by Crippen LogP contribution is 2.19. The van der Waals surface area contributed by atoms with Gasteiger partial charge < -0.3 is 5.73 Å². The summed E-state index contributed by atoms with van der Waals surface area (Å²) in [5.74, 6) is 0.